The number of amides is 1. The van der Waals surface area contributed by atoms with Gasteiger partial charge in [0.25, 0.3) is 0 Å². The van der Waals surface area contributed by atoms with Crippen LogP contribution >= 0.6 is 11.8 Å². The van der Waals surface area contributed by atoms with Gasteiger partial charge in [-0.1, -0.05) is 13.3 Å². The molecule has 0 aromatic heterocycles. The number of thioether (sulfide) groups is 1. The van der Waals surface area contributed by atoms with Gasteiger partial charge in [0.15, 0.2) is 0 Å². The van der Waals surface area contributed by atoms with Crippen molar-refractivity contribution in [1.29, 1.82) is 0 Å². The van der Waals surface area contributed by atoms with Crippen LogP contribution in [0, 0.1) is 0 Å². The molecule has 0 aromatic carbocycles. The van der Waals surface area contributed by atoms with Gasteiger partial charge in [0.2, 0.25) is 5.91 Å². The number of nitrogens with one attached hydrogen (secondary N) is 2. The first kappa shape index (κ1) is 12.8. The van der Waals surface area contributed by atoms with Crippen LogP contribution in [-0.4, -0.2) is 36.5 Å². The molecule has 1 aliphatic rings. The van der Waals surface area contributed by atoms with Crippen LogP contribution in [0.15, 0.2) is 0 Å². The van der Waals surface area contributed by atoms with Crippen molar-refractivity contribution in [2.75, 3.05) is 24.6 Å². The molecule has 0 spiro atoms. The largest absolute Gasteiger partial charge is 0.355 e. The Morgan fingerprint density at radius 3 is 3.07 bits per heavy atom. The second-order valence-electron chi connectivity index (χ2n) is 3.90. The summed E-state index contributed by atoms with van der Waals surface area (Å²) in [5.74, 6) is 2.24. The van der Waals surface area contributed by atoms with Gasteiger partial charge in [-0.3, -0.25) is 4.79 Å². The Balaban J connectivity index is 2.00. The highest BCUT2D eigenvalue weighted by atomic mass is 32.2. The predicted octanol–water partition coefficient (Wildman–Crippen LogP) is 1.39. The third-order valence-electron chi connectivity index (χ3n) is 2.64. The van der Waals surface area contributed by atoms with Crippen molar-refractivity contribution in [1.82, 2.24) is 10.6 Å². The average molecular weight is 230 g/mol. The standard InChI is InChI=1S/C11H22N2OS/c1-2-15-8-6-11(14)13-9-10-5-3-4-7-12-10/h10,12H,2-9H2,1H3,(H,13,14). The summed E-state index contributed by atoms with van der Waals surface area (Å²) < 4.78 is 0. The highest BCUT2D eigenvalue weighted by molar-refractivity contribution is 7.99. The van der Waals surface area contributed by atoms with Crippen LogP contribution in [0.5, 0.6) is 0 Å². The van der Waals surface area contributed by atoms with Crippen molar-refractivity contribution in [2.24, 2.45) is 0 Å². The van der Waals surface area contributed by atoms with Gasteiger partial charge >= 0.3 is 0 Å². The van der Waals surface area contributed by atoms with Crippen LogP contribution in [0.4, 0.5) is 0 Å². The lowest BCUT2D eigenvalue weighted by atomic mass is 10.1. The molecule has 1 rings (SSSR count). The molecule has 0 aromatic rings. The zero-order chi connectivity index (χ0) is 10.9. The first-order valence-electron chi connectivity index (χ1n) is 5.90. The third kappa shape index (κ3) is 6.05. The number of carbonyl (C=O) groups is 1. The molecule has 0 radical (unpaired) electrons. The average Bonchev–Trinajstić information content (AvgIpc) is 2.28. The molecule has 1 saturated heterocycles. The predicted molar refractivity (Wildman–Crippen MR) is 66.3 cm³/mol. The van der Waals surface area contributed by atoms with Gasteiger partial charge in [0.1, 0.15) is 0 Å². The minimum Gasteiger partial charge on any atom is -0.355 e. The number of rotatable bonds is 6. The van der Waals surface area contributed by atoms with E-state index in [1.165, 1.54) is 19.3 Å². The van der Waals surface area contributed by atoms with Crippen molar-refractivity contribution in [3.05, 3.63) is 0 Å². The van der Waals surface area contributed by atoms with Crippen LogP contribution in [0.25, 0.3) is 0 Å². The fourth-order valence-electron chi connectivity index (χ4n) is 1.73. The van der Waals surface area contributed by atoms with E-state index < -0.39 is 0 Å². The lowest BCUT2D eigenvalue weighted by Gasteiger charge is -2.23. The van der Waals surface area contributed by atoms with Crippen LogP contribution in [0.3, 0.4) is 0 Å². The highest BCUT2D eigenvalue weighted by Crippen LogP contribution is 2.06. The zero-order valence-electron chi connectivity index (χ0n) is 9.55. The van der Waals surface area contributed by atoms with Gasteiger partial charge in [-0.2, -0.15) is 11.8 Å². The van der Waals surface area contributed by atoms with Crippen molar-refractivity contribution in [3.8, 4) is 0 Å². The molecular weight excluding hydrogens is 208 g/mol. The molecule has 0 saturated carbocycles. The Kier molecular flexibility index (Phi) is 6.85. The van der Waals surface area contributed by atoms with Crippen LogP contribution in [0.2, 0.25) is 0 Å². The molecule has 0 bridgehead atoms. The molecule has 1 atom stereocenters. The normalized spacial score (nSPS) is 21.3. The summed E-state index contributed by atoms with van der Waals surface area (Å²) in [5.41, 5.74) is 0. The minimum absolute atomic E-state index is 0.198. The monoisotopic (exact) mass is 230 g/mol. The summed E-state index contributed by atoms with van der Waals surface area (Å²) in [6, 6.07) is 0.501. The van der Waals surface area contributed by atoms with Crippen molar-refractivity contribution in [3.63, 3.8) is 0 Å². The Hall–Kier alpha value is -0.220. The molecule has 15 heavy (non-hydrogen) atoms. The second-order valence-corrected chi connectivity index (χ2v) is 5.29. The molecule has 1 heterocycles. The fraction of sp³-hybridized carbons (Fsp3) is 0.909. The van der Waals surface area contributed by atoms with E-state index in [0.717, 1.165) is 24.6 Å². The van der Waals surface area contributed by atoms with E-state index in [1.807, 2.05) is 11.8 Å². The van der Waals surface area contributed by atoms with E-state index in [9.17, 15) is 4.79 Å². The van der Waals surface area contributed by atoms with Gasteiger partial charge in [-0.05, 0) is 25.1 Å². The SMILES string of the molecule is CCSCCC(=O)NCC1CCCCN1. The molecular formula is C11H22N2OS. The summed E-state index contributed by atoms with van der Waals surface area (Å²) >= 11 is 1.82. The van der Waals surface area contributed by atoms with E-state index in [-0.39, 0.29) is 5.91 Å². The fourth-order valence-corrected chi connectivity index (χ4v) is 2.35. The molecule has 1 unspecified atom stereocenters. The zero-order valence-corrected chi connectivity index (χ0v) is 10.4. The van der Waals surface area contributed by atoms with E-state index >= 15 is 0 Å². The molecule has 1 amide bonds. The molecule has 4 heteroatoms. The highest BCUT2D eigenvalue weighted by Gasteiger charge is 2.12. The van der Waals surface area contributed by atoms with Crippen molar-refractivity contribution < 1.29 is 4.79 Å². The molecule has 88 valence electrons. The van der Waals surface area contributed by atoms with Gasteiger partial charge < -0.3 is 10.6 Å². The summed E-state index contributed by atoms with van der Waals surface area (Å²) in [5, 5.41) is 6.42. The minimum atomic E-state index is 0.198. The topological polar surface area (TPSA) is 41.1 Å². The van der Waals surface area contributed by atoms with Crippen LogP contribution < -0.4 is 10.6 Å². The number of piperidine rings is 1. The third-order valence-corrected chi connectivity index (χ3v) is 3.54. The van der Waals surface area contributed by atoms with Gasteiger partial charge in [-0.15, -0.1) is 0 Å². The van der Waals surface area contributed by atoms with E-state index in [4.69, 9.17) is 0 Å². The molecule has 1 aliphatic heterocycles. The number of carbonyl (C=O) groups excluding carboxylic acids is 1. The summed E-state index contributed by atoms with van der Waals surface area (Å²) in [4.78, 5) is 11.4. The first-order chi connectivity index (χ1) is 7.33. The van der Waals surface area contributed by atoms with Gasteiger partial charge in [0, 0.05) is 24.8 Å². The summed E-state index contributed by atoms with van der Waals surface area (Å²) in [7, 11) is 0. The van der Waals surface area contributed by atoms with Crippen molar-refractivity contribution >= 4 is 17.7 Å². The maximum absolute atomic E-state index is 11.4. The molecule has 0 aliphatic carbocycles. The molecule has 3 nitrogen and oxygen atoms in total. The van der Waals surface area contributed by atoms with Crippen LogP contribution in [-0.2, 0) is 4.79 Å². The van der Waals surface area contributed by atoms with E-state index in [1.54, 1.807) is 0 Å². The maximum atomic E-state index is 11.4. The quantitative estimate of drug-likeness (QED) is 0.678. The second kappa shape index (κ2) is 7.99. The van der Waals surface area contributed by atoms with Crippen LogP contribution in [0.1, 0.15) is 32.6 Å². The van der Waals surface area contributed by atoms with Crippen molar-refractivity contribution in [2.45, 2.75) is 38.6 Å². The maximum Gasteiger partial charge on any atom is 0.220 e. The lowest BCUT2D eigenvalue weighted by Crippen LogP contribution is -2.43. The molecule has 2 N–H and O–H groups in total. The van der Waals surface area contributed by atoms with Gasteiger partial charge in [-0.25, -0.2) is 0 Å². The first-order valence-corrected chi connectivity index (χ1v) is 7.06. The Morgan fingerprint density at radius 2 is 2.40 bits per heavy atom. The molecule has 1 fully saturated rings. The Bertz CT molecular complexity index is 181. The van der Waals surface area contributed by atoms with E-state index in [2.05, 4.69) is 17.6 Å². The lowest BCUT2D eigenvalue weighted by molar-refractivity contribution is -0.120. The number of hydrogen-bond donors (Lipinski definition) is 2. The van der Waals surface area contributed by atoms with Gasteiger partial charge in [0.05, 0.1) is 0 Å². The summed E-state index contributed by atoms with van der Waals surface area (Å²) in [6.45, 7) is 4.02. The number of hydrogen-bond acceptors (Lipinski definition) is 3. The smallest absolute Gasteiger partial charge is 0.220 e. The Morgan fingerprint density at radius 1 is 1.53 bits per heavy atom. The summed E-state index contributed by atoms with van der Waals surface area (Å²) in [6.07, 6.45) is 4.42. The Labute approximate surface area is 96.8 Å². The van der Waals surface area contributed by atoms with E-state index in [0.29, 0.717) is 12.5 Å².